The largest absolute Gasteiger partial charge is 0.473 e. The molecule has 1 aromatic rings. The van der Waals surface area contributed by atoms with Crippen LogP contribution in [0.1, 0.15) is 6.92 Å². The number of hydrogen-bond donors (Lipinski definition) is 1. The van der Waals surface area contributed by atoms with E-state index in [4.69, 9.17) is 5.11 Å². The summed E-state index contributed by atoms with van der Waals surface area (Å²) in [6.07, 6.45) is 1.76. The lowest BCUT2D eigenvalue weighted by Crippen LogP contribution is -2.46. The Balaban J connectivity index is 2.89. The van der Waals surface area contributed by atoms with Crippen LogP contribution in [-0.4, -0.2) is 30.2 Å². The van der Waals surface area contributed by atoms with E-state index in [2.05, 4.69) is 36.1 Å². The maximum atomic E-state index is 10.5. The number of rotatable bonds is 4. The minimum Gasteiger partial charge on any atom is -0.473 e. The van der Waals surface area contributed by atoms with E-state index in [9.17, 15) is 4.79 Å². The normalized spacial score (nSPS) is 11.3. The first-order chi connectivity index (χ1) is 7.84. The summed E-state index contributed by atoms with van der Waals surface area (Å²) in [6.45, 7) is 9.89. The van der Waals surface area contributed by atoms with Crippen LogP contribution < -0.4 is 4.57 Å². The summed E-state index contributed by atoms with van der Waals surface area (Å²) in [6, 6.07) is 3.71. The van der Waals surface area contributed by atoms with E-state index < -0.39 is 13.5 Å². The zero-order valence-corrected chi connectivity index (χ0v) is 12.4. The molecule has 6 heteroatoms. The SMILES string of the molecule is CCN(c1ccc(SC(=O)O)nc1)[Si](C)(C)C. The lowest BCUT2D eigenvalue weighted by atomic mass is 10.4. The Labute approximate surface area is 107 Å². The fraction of sp³-hybridized carbons (Fsp3) is 0.455. The molecule has 17 heavy (non-hydrogen) atoms. The Morgan fingerprint density at radius 3 is 2.47 bits per heavy atom. The van der Waals surface area contributed by atoms with Crippen molar-refractivity contribution in [3.63, 3.8) is 0 Å². The maximum absolute atomic E-state index is 10.5. The van der Waals surface area contributed by atoms with E-state index in [-0.39, 0.29) is 0 Å². The molecule has 0 amide bonds. The van der Waals surface area contributed by atoms with Crippen LogP contribution in [0.2, 0.25) is 19.6 Å². The molecule has 0 atom stereocenters. The summed E-state index contributed by atoms with van der Waals surface area (Å²) in [5, 5.41) is 8.23. The monoisotopic (exact) mass is 270 g/mol. The Bertz CT molecular complexity index is 389. The topological polar surface area (TPSA) is 53.4 Å². The second-order valence-electron chi connectivity index (χ2n) is 4.64. The molecule has 0 spiro atoms. The van der Waals surface area contributed by atoms with Crippen molar-refractivity contribution in [3.8, 4) is 0 Å². The Morgan fingerprint density at radius 2 is 2.12 bits per heavy atom. The van der Waals surface area contributed by atoms with Gasteiger partial charge < -0.3 is 9.67 Å². The maximum Gasteiger partial charge on any atom is 0.371 e. The van der Waals surface area contributed by atoms with Crippen molar-refractivity contribution >= 4 is 31.0 Å². The number of anilines is 1. The summed E-state index contributed by atoms with van der Waals surface area (Å²) in [7, 11) is -1.41. The summed E-state index contributed by atoms with van der Waals surface area (Å²) in [5.74, 6) is 0. The average molecular weight is 270 g/mol. The molecule has 0 unspecified atom stereocenters. The molecule has 0 bridgehead atoms. The highest BCUT2D eigenvalue weighted by molar-refractivity contribution is 8.13. The molecular formula is C11H18N2O2SSi. The van der Waals surface area contributed by atoms with E-state index in [1.54, 1.807) is 12.3 Å². The van der Waals surface area contributed by atoms with Gasteiger partial charge in [0.05, 0.1) is 6.20 Å². The molecule has 1 N–H and O–H groups in total. The zero-order chi connectivity index (χ0) is 13.1. The highest BCUT2D eigenvalue weighted by atomic mass is 32.2. The minimum absolute atomic E-state index is 0.521. The fourth-order valence-corrected chi connectivity index (χ4v) is 4.00. The molecule has 0 aliphatic carbocycles. The number of thioether (sulfide) groups is 1. The van der Waals surface area contributed by atoms with Gasteiger partial charge in [-0.1, -0.05) is 19.6 Å². The van der Waals surface area contributed by atoms with E-state index >= 15 is 0 Å². The second kappa shape index (κ2) is 5.55. The Hall–Kier alpha value is -1.01. The summed E-state index contributed by atoms with van der Waals surface area (Å²) < 4.78 is 2.36. The number of carbonyl (C=O) groups is 1. The molecule has 0 aliphatic rings. The van der Waals surface area contributed by atoms with Crippen LogP contribution in [0, 0.1) is 0 Å². The highest BCUT2D eigenvalue weighted by Gasteiger charge is 2.22. The van der Waals surface area contributed by atoms with Crippen LogP contribution in [0.4, 0.5) is 10.5 Å². The number of nitrogens with zero attached hydrogens (tertiary/aromatic N) is 2. The van der Waals surface area contributed by atoms with Crippen molar-refractivity contribution in [2.45, 2.75) is 31.6 Å². The van der Waals surface area contributed by atoms with Crippen molar-refractivity contribution in [2.75, 3.05) is 11.1 Å². The molecule has 0 aliphatic heterocycles. The second-order valence-corrected chi connectivity index (χ2v) is 10.5. The van der Waals surface area contributed by atoms with Crippen LogP contribution in [0.15, 0.2) is 23.4 Å². The molecule has 0 radical (unpaired) electrons. The molecule has 0 aromatic carbocycles. The summed E-state index contributed by atoms with van der Waals surface area (Å²) >= 11 is 0.732. The van der Waals surface area contributed by atoms with Crippen molar-refractivity contribution in [3.05, 3.63) is 18.3 Å². The molecule has 4 nitrogen and oxygen atoms in total. The van der Waals surface area contributed by atoms with E-state index in [1.807, 2.05) is 6.07 Å². The molecule has 0 saturated heterocycles. The van der Waals surface area contributed by atoms with Gasteiger partial charge in [-0.2, -0.15) is 0 Å². The summed E-state index contributed by atoms with van der Waals surface area (Å²) in [4.78, 5) is 14.7. The Kier molecular flexibility index (Phi) is 4.59. The van der Waals surface area contributed by atoms with Gasteiger partial charge in [0.15, 0.2) is 0 Å². The van der Waals surface area contributed by atoms with Crippen molar-refractivity contribution < 1.29 is 9.90 Å². The average Bonchev–Trinajstić information content (AvgIpc) is 2.18. The standard InChI is InChI=1S/C11H18N2O2SSi/c1-5-13(17(2,3)4)9-6-7-10(12-8-9)16-11(14)15/h6-8H,5H2,1-4H3,(H,14,15). The first-order valence-corrected chi connectivity index (χ1v) is 9.75. The van der Waals surface area contributed by atoms with Crippen LogP contribution >= 0.6 is 11.8 Å². The molecule has 1 rings (SSSR count). The van der Waals surface area contributed by atoms with Gasteiger partial charge >= 0.3 is 5.30 Å². The van der Waals surface area contributed by atoms with Crippen LogP contribution in [-0.2, 0) is 0 Å². The van der Waals surface area contributed by atoms with Gasteiger partial charge in [-0.15, -0.1) is 0 Å². The smallest absolute Gasteiger partial charge is 0.371 e. The minimum atomic E-state index is -1.41. The van der Waals surface area contributed by atoms with Gasteiger partial charge in [0.1, 0.15) is 13.3 Å². The number of aromatic nitrogens is 1. The molecule has 94 valence electrons. The first-order valence-electron chi connectivity index (χ1n) is 5.49. The van der Waals surface area contributed by atoms with Crippen molar-refractivity contribution in [1.82, 2.24) is 4.98 Å². The van der Waals surface area contributed by atoms with Gasteiger partial charge in [0, 0.05) is 24.0 Å². The lowest BCUT2D eigenvalue weighted by molar-refractivity contribution is 0.222. The van der Waals surface area contributed by atoms with Crippen LogP contribution in [0.3, 0.4) is 0 Å². The third-order valence-electron chi connectivity index (χ3n) is 2.35. The van der Waals surface area contributed by atoms with Crippen LogP contribution in [0.5, 0.6) is 0 Å². The predicted octanol–water partition coefficient (Wildman–Crippen LogP) is 3.51. The van der Waals surface area contributed by atoms with Gasteiger partial charge in [-0.05, 0) is 19.1 Å². The molecular weight excluding hydrogens is 252 g/mol. The van der Waals surface area contributed by atoms with Gasteiger partial charge in [-0.3, -0.25) is 0 Å². The zero-order valence-electron chi connectivity index (χ0n) is 10.6. The van der Waals surface area contributed by atoms with Crippen LogP contribution in [0.25, 0.3) is 0 Å². The van der Waals surface area contributed by atoms with E-state index in [1.165, 1.54) is 0 Å². The lowest BCUT2D eigenvalue weighted by Gasteiger charge is -2.35. The summed E-state index contributed by atoms with van der Waals surface area (Å²) in [5.41, 5.74) is 1.07. The quantitative estimate of drug-likeness (QED) is 0.670. The number of pyridine rings is 1. The number of hydrogen-bond acceptors (Lipinski definition) is 4. The van der Waals surface area contributed by atoms with Gasteiger partial charge in [0.25, 0.3) is 0 Å². The third kappa shape index (κ3) is 4.05. The highest BCUT2D eigenvalue weighted by Crippen LogP contribution is 2.23. The Morgan fingerprint density at radius 1 is 1.47 bits per heavy atom. The fourth-order valence-electron chi connectivity index (χ4n) is 1.73. The number of carboxylic acid groups (broad SMARTS) is 1. The van der Waals surface area contributed by atoms with Crippen molar-refractivity contribution in [1.29, 1.82) is 0 Å². The van der Waals surface area contributed by atoms with E-state index in [0.717, 1.165) is 24.0 Å². The van der Waals surface area contributed by atoms with E-state index in [0.29, 0.717) is 5.03 Å². The molecule has 1 aromatic heterocycles. The van der Waals surface area contributed by atoms with Gasteiger partial charge in [0.2, 0.25) is 0 Å². The first kappa shape index (κ1) is 14.0. The predicted molar refractivity (Wildman–Crippen MR) is 74.5 cm³/mol. The molecule has 0 saturated carbocycles. The third-order valence-corrected chi connectivity index (χ3v) is 5.17. The molecule has 0 fully saturated rings. The van der Waals surface area contributed by atoms with Gasteiger partial charge in [-0.25, -0.2) is 9.78 Å². The van der Waals surface area contributed by atoms with Crippen molar-refractivity contribution in [2.24, 2.45) is 0 Å². The molecule has 1 heterocycles.